The van der Waals surface area contributed by atoms with Crippen molar-refractivity contribution in [3.8, 4) is 0 Å². The summed E-state index contributed by atoms with van der Waals surface area (Å²) in [5.41, 5.74) is 34.2. The van der Waals surface area contributed by atoms with E-state index in [4.69, 9.17) is 104 Å². The number of aliphatic imine (C=N–C) groups is 2. The predicted octanol–water partition coefficient (Wildman–Crippen LogP) is -0.327. The van der Waals surface area contributed by atoms with Crippen LogP contribution in [0.5, 0.6) is 0 Å². The van der Waals surface area contributed by atoms with E-state index in [-0.39, 0.29) is 45.3 Å². The molecule has 304 valence electrons. The maximum atomic E-state index is 12.7. The van der Waals surface area contributed by atoms with Crippen LogP contribution in [0.15, 0.2) is 9.98 Å². The zero-order chi connectivity index (χ0) is 39.0. The minimum absolute atomic E-state index is 0.0396. The third kappa shape index (κ3) is 13.2. The van der Waals surface area contributed by atoms with E-state index in [2.05, 4.69) is 41.9 Å². The summed E-state index contributed by atoms with van der Waals surface area (Å²) in [7, 11) is 0. The first-order valence-corrected chi connectivity index (χ1v) is 20.8. The fourth-order valence-corrected chi connectivity index (χ4v) is 10.1. The average molecular weight is 870 g/mol. The molecule has 12 atom stereocenters. The maximum Gasteiger partial charge on any atom is 0.246 e. The molecule has 0 radical (unpaired) electrons. The number of piperazine rings is 2. The Labute approximate surface area is 341 Å². The van der Waals surface area contributed by atoms with Crippen molar-refractivity contribution >= 4 is 93.3 Å². The van der Waals surface area contributed by atoms with Crippen molar-refractivity contribution in [2.24, 2.45) is 68.1 Å². The summed E-state index contributed by atoms with van der Waals surface area (Å²) in [4.78, 5) is 34.0. The highest BCUT2D eigenvalue weighted by molar-refractivity contribution is 6.25. The lowest BCUT2D eigenvalue weighted by molar-refractivity contribution is -0.124. The number of guanidine groups is 2. The molecular weight excluding hydrogens is 813 g/mol. The van der Waals surface area contributed by atoms with Crippen LogP contribution in [0.25, 0.3) is 0 Å². The van der Waals surface area contributed by atoms with Gasteiger partial charge in [0, 0.05) is 46.4 Å². The van der Waals surface area contributed by atoms with Crippen LogP contribution in [0.1, 0.15) is 57.8 Å². The monoisotopic (exact) mass is 866 g/mol. The lowest BCUT2D eigenvalue weighted by Gasteiger charge is -2.37. The molecule has 16 nitrogen and oxygen atoms in total. The molecule has 2 saturated heterocycles. The van der Waals surface area contributed by atoms with Gasteiger partial charge < -0.3 is 34.4 Å². The number of carbonyl (C=O) groups is 2. The predicted molar refractivity (Wildman–Crippen MR) is 215 cm³/mol. The zero-order valence-electron chi connectivity index (χ0n) is 29.5. The van der Waals surface area contributed by atoms with E-state index in [1.807, 2.05) is 0 Å². The molecule has 0 aromatic rings. The number of alkyl halides is 6. The van der Waals surface area contributed by atoms with Crippen LogP contribution in [-0.4, -0.2) is 106 Å². The van der Waals surface area contributed by atoms with Crippen molar-refractivity contribution in [1.82, 2.24) is 31.9 Å². The van der Waals surface area contributed by atoms with Gasteiger partial charge in [0.1, 0.15) is 23.1 Å². The Morgan fingerprint density at radius 2 is 0.887 bits per heavy atom. The topological polar surface area (TPSA) is 287 Å². The van der Waals surface area contributed by atoms with Crippen molar-refractivity contribution in [3.05, 3.63) is 0 Å². The van der Waals surface area contributed by atoms with Crippen LogP contribution in [-0.2, 0) is 9.59 Å². The normalized spacial score (nSPS) is 41.5. The smallest absolute Gasteiger partial charge is 0.246 e. The Kier molecular flexibility index (Phi) is 18.0. The molecule has 4 fully saturated rings. The van der Waals surface area contributed by atoms with Crippen LogP contribution < -0.4 is 66.3 Å². The average Bonchev–Trinajstić information content (AvgIpc) is 3.07. The highest BCUT2D eigenvalue weighted by atomic mass is 35.5. The zero-order valence-corrected chi connectivity index (χ0v) is 34.0. The Morgan fingerprint density at radius 3 is 1.23 bits per heavy atom. The third-order valence-corrected chi connectivity index (χ3v) is 13.4. The molecule has 2 aliphatic heterocycles. The number of hydrogen-bond donors (Lipinski definition) is 12. The van der Waals surface area contributed by atoms with Gasteiger partial charge in [0.05, 0.1) is 24.7 Å². The van der Waals surface area contributed by atoms with Gasteiger partial charge in [0.2, 0.25) is 11.8 Å². The molecule has 2 saturated carbocycles. The molecular formula is C31H56Cl6N14O2. The highest BCUT2D eigenvalue weighted by Gasteiger charge is 2.39. The Balaban J connectivity index is 1.10. The molecule has 0 spiro atoms. The van der Waals surface area contributed by atoms with Crippen LogP contribution >= 0.6 is 69.6 Å². The summed E-state index contributed by atoms with van der Waals surface area (Å²) < 4.78 is 0. The highest BCUT2D eigenvalue weighted by Crippen LogP contribution is 2.40. The van der Waals surface area contributed by atoms with Crippen molar-refractivity contribution < 1.29 is 9.59 Å². The van der Waals surface area contributed by atoms with Gasteiger partial charge in [-0.15, -0.1) is 69.6 Å². The number of unbranched alkanes of at least 4 members (excludes halogenated alkanes) is 2. The Morgan fingerprint density at radius 1 is 0.547 bits per heavy atom. The molecule has 4 rings (SSSR count). The number of rotatable bonds is 12. The summed E-state index contributed by atoms with van der Waals surface area (Å²) >= 11 is 39.4. The molecule has 18 N–H and O–H groups in total. The van der Waals surface area contributed by atoms with Gasteiger partial charge in [-0.25, -0.2) is 0 Å². The second-order valence-corrected chi connectivity index (χ2v) is 17.8. The summed E-state index contributed by atoms with van der Waals surface area (Å²) in [6.45, 7) is 0.593. The molecule has 12 unspecified atom stereocenters. The number of amides is 2. The lowest BCUT2D eigenvalue weighted by atomic mass is 9.78. The first-order valence-electron chi connectivity index (χ1n) is 18.2. The van der Waals surface area contributed by atoms with Crippen LogP contribution in [0, 0.1) is 23.7 Å². The van der Waals surface area contributed by atoms with Crippen LogP contribution in [0.3, 0.4) is 0 Å². The number of nitrogens with one attached hydrogen (secondary N) is 6. The molecule has 0 bridgehead atoms. The van der Waals surface area contributed by atoms with E-state index in [1.54, 1.807) is 0 Å². The quantitative estimate of drug-likeness (QED) is 0.0395. The fourth-order valence-electron chi connectivity index (χ4n) is 7.53. The number of nitrogens with zero attached hydrogens (tertiary/aromatic N) is 2. The van der Waals surface area contributed by atoms with Gasteiger partial charge in [0.25, 0.3) is 0 Å². The van der Waals surface area contributed by atoms with Crippen molar-refractivity contribution in [2.45, 2.75) is 127 Å². The van der Waals surface area contributed by atoms with Crippen LogP contribution in [0.2, 0.25) is 0 Å². The van der Waals surface area contributed by atoms with Gasteiger partial charge in [-0.1, -0.05) is 32.1 Å². The molecule has 0 aromatic carbocycles. The first-order chi connectivity index (χ1) is 25.0. The maximum absolute atomic E-state index is 12.7. The van der Waals surface area contributed by atoms with Gasteiger partial charge in [-0.2, -0.15) is 0 Å². The van der Waals surface area contributed by atoms with Crippen molar-refractivity contribution in [1.29, 1.82) is 0 Å². The SMILES string of the molecule is NC(=NCC1C(Cl)CC(CCCCCC2CC(Cl)C(CN=C(N)NC(=O)C3NC(Cl)C(N)NC3N)C(Cl)C2)CC1Cl)NC(=O)C1NC(Cl)C(N)NC1N. The van der Waals surface area contributed by atoms with E-state index in [0.29, 0.717) is 24.9 Å². The van der Waals surface area contributed by atoms with Gasteiger partial charge in [-0.05, 0) is 37.5 Å². The second-order valence-electron chi connectivity index (χ2n) is 14.7. The standard InChI is InChI=1S/C31H56Cl6N14O2/c32-16-6-12(7-17(33)14(16)10-44-30(42)50-28(52)20-24(38)48-26(40)22(36)46-20)4-2-1-3-5-13-8-18(34)15(19(35)9-13)11-45-31(43)51-29(53)21-25(39)49-27(41)23(37)47-21/h12-27,46-49H,1-11,38-41H2,(H3,42,44,50,52)(H3,43,45,51,53). The van der Waals surface area contributed by atoms with E-state index < -0.39 is 59.6 Å². The van der Waals surface area contributed by atoms with E-state index in [1.165, 1.54) is 0 Å². The summed E-state index contributed by atoms with van der Waals surface area (Å²) in [6, 6.07) is -1.67. The summed E-state index contributed by atoms with van der Waals surface area (Å²) in [6.07, 6.45) is 6.05. The third-order valence-electron chi connectivity index (χ3n) is 10.6. The Hall–Kier alpha value is -0.700. The molecule has 0 aromatic heterocycles. The minimum atomic E-state index is -0.836. The Bertz CT molecular complexity index is 1160. The van der Waals surface area contributed by atoms with Gasteiger partial charge >= 0.3 is 0 Å². The number of carbonyl (C=O) groups excluding carboxylic acids is 2. The van der Waals surface area contributed by atoms with Gasteiger partial charge in [0.15, 0.2) is 11.9 Å². The molecule has 2 aliphatic carbocycles. The number of halogens is 6. The second kappa shape index (κ2) is 21.2. The molecule has 2 heterocycles. The van der Waals surface area contributed by atoms with E-state index in [9.17, 15) is 9.59 Å². The first kappa shape index (κ1) is 45.0. The lowest BCUT2D eigenvalue weighted by Crippen LogP contribution is -2.73. The summed E-state index contributed by atoms with van der Waals surface area (Å²) in [5.74, 6) is -0.332. The molecule has 4 aliphatic rings. The van der Waals surface area contributed by atoms with Crippen molar-refractivity contribution in [2.75, 3.05) is 13.1 Å². The number of hydrogen-bond acceptors (Lipinski definition) is 12. The largest absolute Gasteiger partial charge is 0.370 e. The fraction of sp³-hybridized carbons (Fsp3) is 0.871. The summed E-state index contributed by atoms with van der Waals surface area (Å²) in [5, 5.41) is 15.9. The number of nitrogens with two attached hydrogens (primary N) is 6. The molecule has 22 heteroatoms. The molecule has 2 amide bonds. The van der Waals surface area contributed by atoms with Crippen LogP contribution in [0.4, 0.5) is 0 Å². The van der Waals surface area contributed by atoms with E-state index in [0.717, 1.165) is 57.8 Å². The van der Waals surface area contributed by atoms with Crippen molar-refractivity contribution in [3.63, 3.8) is 0 Å². The molecule has 53 heavy (non-hydrogen) atoms. The van der Waals surface area contributed by atoms with Gasteiger partial charge in [-0.3, -0.25) is 51.5 Å². The van der Waals surface area contributed by atoms with E-state index >= 15 is 0 Å². The minimum Gasteiger partial charge on any atom is -0.370 e.